The van der Waals surface area contributed by atoms with Gasteiger partial charge in [0, 0.05) is 13.1 Å². The maximum atomic E-state index is 11.6. The van der Waals surface area contributed by atoms with Crippen LogP contribution in [-0.2, 0) is 9.53 Å². The van der Waals surface area contributed by atoms with Crippen molar-refractivity contribution in [3.63, 3.8) is 0 Å². The van der Waals surface area contributed by atoms with Crippen molar-refractivity contribution in [2.24, 2.45) is 0 Å². The largest absolute Gasteiger partial charge is 0.482 e. The van der Waals surface area contributed by atoms with Crippen molar-refractivity contribution in [1.29, 1.82) is 0 Å². The van der Waals surface area contributed by atoms with E-state index in [9.17, 15) is 4.79 Å². The van der Waals surface area contributed by atoms with E-state index in [-0.39, 0.29) is 11.7 Å². The molecule has 0 aliphatic rings. The van der Waals surface area contributed by atoms with Crippen molar-refractivity contribution >= 4 is 34.3 Å². The number of amides is 1. The van der Waals surface area contributed by atoms with Gasteiger partial charge in [0.25, 0.3) is 0 Å². The van der Waals surface area contributed by atoms with E-state index in [1.807, 2.05) is 0 Å². The minimum atomic E-state index is -0.000741. The van der Waals surface area contributed by atoms with Gasteiger partial charge in [-0.25, -0.2) is 0 Å². The van der Waals surface area contributed by atoms with E-state index in [1.54, 1.807) is 17.1 Å². The molecule has 15 heavy (non-hydrogen) atoms. The van der Waals surface area contributed by atoms with Crippen molar-refractivity contribution in [1.82, 2.24) is 4.90 Å². The zero-order valence-electron chi connectivity index (χ0n) is 8.77. The number of methoxy groups -OCH3 is 1. The Morgan fingerprint density at radius 3 is 2.40 bits per heavy atom. The first-order chi connectivity index (χ1) is 7.15. The van der Waals surface area contributed by atoms with Gasteiger partial charge in [0.05, 0.1) is 12.9 Å². The van der Waals surface area contributed by atoms with Crippen LogP contribution in [0.3, 0.4) is 0 Å². The van der Waals surface area contributed by atoms with E-state index in [4.69, 9.17) is 17.0 Å². The van der Waals surface area contributed by atoms with Crippen molar-refractivity contribution < 1.29 is 9.53 Å². The Kier molecular flexibility index (Phi) is 8.04. The number of rotatable bonds is 6. The fourth-order valence-electron chi connectivity index (χ4n) is 0.861. The molecule has 0 rings (SSSR count). The SMILES string of the molecule is C=CCN(CC=C)C(=O)CSC(=S)OC. The van der Waals surface area contributed by atoms with Gasteiger partial charge in [-0.1, -0.05) is 23.9 Å². The van der Waals surface area contributed by atoms with Crippen molar-refractivity contribution in [3.8, 4) is 0 Å². The van der Waals surface area contributed by atoms with Gasteiger partial charge in [0.15, 0.2) is 0 Å². The van der Waals surface area contributed by atoms with Crippen LogP contribution >= 0.6 is 24.0 Å². The van der Waals surface area contributed by atoms with E-state index >= 15 is 0 Å². The second kappa shape index (κ2) is 8.49. The summed E-state index contributed by atoms with van der Waals surface area (Å²) >= 11 is 6.03. The fourth-order valence-corrected chi connectivity index (χ4v) is 1.58. The zero-order chi connectivity index (χ0) is 11.7. The van der Waals surface area contributed by atoms with Gasteiger partial charge in [0.1, 0.15) is 0 Å². The van der Waals surface area contributed by atoms with E-state index in [0.29, 0.717) is 17.5 Å². The van der Waals surface area contributed by atoms with Gasteiger partial charge in [-0.05, 0) is 12.2 Å². The molecule has 0 bridgehead atoms. The monoisotopic (exact) mass is 245 g/mol. The molecule has 5 heteroatoms. The first-order valence-corrected chi connectivity index (χ1v) is 5.75. The number of ether oxygens (including phenoxy) is 1. The molecule has 0 atom stereocenters. The van der Waals surface area contributed by atoms with Crippen LogP contribution in [0.1, 0.15) is 0 Å². The van der Waals surface area contributed by atoms with Crippen LogP contribution in [0.2, 0.25) is 0 Å². The molecule has 0 aliphatic heterocycles. The van der Waals surface area contributed by atoms with Crippen LogP contribution in [0.5, 0.6) is 0 Å². The number of carbonyl (C=O) groups excluding carboxylic acids is 1. The third-order valence-corrected chi connectivity index (χ3v) is 2.85. The number of hydrogen-bond acceptors (Lipinski definition) is 4. The predicted molar refractivity (Wildman–Crippen MR) is 69.0 cm³/mol. The molecular weight excluding hydrogens is 230 g/mol. The van der Waals surface area contributed by atoms with Crippen molar-refractivity contribution in [3.05, 3.63) is 25.3 Å². The van der Waals surface area contributed by atoms with E-state index in [2.05, 4.69) is 13.2 Å². The lowest BCUT2D eigenvalue weighted by atomic mass is 10.4. The molecule has 0 aromatic heterocycles. The minimum absolute atomic E-state index is 0.000741. The molecule has 0 radical (unpaired) electrons. The third-order valence-electron chi connectivity index (χ3n) is 1.53. The van der Waals surface area contributed by atoms with Gasteiger partial charge in [-0.2, -0.15) is 0 Å². The summed E-state index contributed by atoms with van der Waals surface area (Å²) in [5.74, 6) is 0.285. The second-order valence-electron chi connectivity index (χ2n) is 2.62. The van der Waals surface area contributed by atoms with Crippen molar-refractivity contribution in [2.75, 3.05) is 26.0 Å². The summed E-state index contributed by atoms with van der Waals surface area (Å²) in [6.07, 6.45) is 3.36. The summed E-state index contributed by atoms with van der Waals surface area (Å²) in [5.41, 5.74) is 0. The van der Waals surface area contributed by atoms with Crippen LogP contribution in [0.4, 0.5) is 0 Å². The smallest absolute Gasteiger partial charge is 0.233 e. The number of nitrogens with zero attached hydrogens (tertiary/aromatic N) is 1. The van der Waals surface area contributed by atoms with Crippen LogP contribution in [0.25, 0.3) is 0 Å². The van der Waals surface area contributed by atoms with Crippen LogP contribution in [-0.4, -0.2) is 41.1 Å². The minimum Gasteiger partial charge on any atom is -0.482 e. The topological polar surface area (TPSA) is 29.5 Å². The zero-order valence-corrected chi connectivity index (χ0v) is 10.4. The highest BCUT2D eigenvalue weighted by Crippen LogP contribution is 2.06. The highest BCUT2D eigenvalue weighted by Gasteiger charge is 2.11. The molecule has 0 fully saturated rings. The van der Waals surface area contributed by atoms with Crippen molar-refractivity contribution in [2.45, 2.75) is 0 Å². The normalized spacial score (nSPS) is 9.13. The summed E-state index contributed by atoms with van der Waals surface area (Å²) in [7, 11) is 1.49. The summed E-state index contributed by atoms with van der Waals surface area (Å²) in [5, 5.41) is 0. The van der Waals surface area contributed by atoms with Gasteiger partial charge < -0.3 is 9.64 Å². The van der Waals surface area contributed by atoms with Gasteiger partial charge in [-0.3, -0.25) is 4.79 Å². The molecule has 0 saturated heterocycles. The molecule has 0 N–H and O–H groups in total. The Bertz CT molecular complexity index is 244. The summed E-state index contributed by atoms with van der Waals surface area (Å²) in [6, 6.07) is 0. The average Bonchev–Trinajstić information content (AvgIpc) is 2.25. The average molecular weight is 245 g/mol. The maximum absolute atomic E-state index is 11.6. The lowest BCUT2D eigenvalue weighted by Gasteiger charge is -2.18. The Hall–Kier alpha value is -0.810. The molecule has 3 nitrogen and oxygen atoms in total. The van der Waals surface area contributed by atoms with E-state index in [0.717, 1.165) is 0 Å². The first-order valence-electron chi connectivity index (χ1n) is 4.36. The highest BCUT2D eigenvalue weighted by molar-refractivity contribution is 8.23. The molecule has 0 aromatic carbocycles. The number of thioether (sulfide) groups is 1. The Morgan fingerprint density at radius 1 is 1.47 bits per heavy atom. The third kappa shape index (κ3) is 6.30. The predicted octanol–water partition coefficient (Wildman–Crippen LogP) is 1.85. The summed E-state index contributed by atoms with van der Waals surface area (Å²) < 4.78 is 5.16. The van der Waals surface area contributed by atoms with E-state index in [1.165, 1.54) is 18.9 Å². The Morgan fingerprint density at radius 2 is 2.00 bits per heavy atom. The lowest BCUT2D eigenvalue weighted by Crippen LogP contribution is -2.33. The Balaban J connectivity index is 4.06. The summed E-state index contributed by atoms with van der Waals surface area (Å²) in [6.45, 7) is 8.22. The maximum Gasteiger partial charge on any atom is 0.233 e. The van der Waals surface area contributed by atoms with Crippen LogP contribution in [0, 0.1) is 0 Å². The lowest BCUT2D eigenvalue weighted by molar-refractivity contribution is -0.127. The standard InChI is InChI=1S/C10H15NO2S2/c1-4-6-11(7-5-2)9(12)8-15-10(14)13-3/h4-5H,1-2,6-8H2,3H3. The molecule has 0 spiro atoms. The van der Waals surface area contributed by atoms with Gasteiger partial charge in [-0.15, -0.1) is 13.2 Å². The first kappa shape index (κ1) is 14.2. The summed E-state index contributed by atoms with van der Waals surface area (Å²) in [4.78, 5) is 13.3. The van der Waals surface area contributed by atoms with Gasteiger partial charge >= 0.3 is 0 Å². The molecule has 0 saturated carbocycles. The second-order valence-corrected chi connectivity index (χ2v) is 4.20. The van der Waals surface area contributed by atoms with Crippen LogP contribution in [0.15, 0.2) is 25.3 Å². The fraction of sp³-hybridized carbons (Fsp3) is 0.400. The van der Waals surface area contributed by atoms with E-state index < -0.39 is 0 Å². The van der Waals surface area contributed by atoms with Gasteiger partial charge in [0.2, 0.25) is 10.3 Å². The number of hydrogen-bond donors (Lipinski definition) is 0. The molecule has 84 valence electrons. The number of thiocarbonyl (C=S) groups is 1. The molecule has 0 aromatic rings. The highest BCUT2D eigenvalue weighted by atomic mass is 32.2. The quantitative estimate of drug-likeness (QED) is 0.527. The molecular formula is C10H15NO2S2. The molecule has 0 aliphatic carbocycles. The molecule has 0 heterocycles. The molecule has 0 unspecified atom stereocenters. The molecule has 1 amide bonds. The Labute approximate surface area is 100 Å². The number of carbonyl (C=O) groups is 1. The van der Waals surface area contributed by atoms with Crippen LogP contribution < -0.4 is 0 Å².